The van der Waals surface area contributed by atoms with E-state index in [0.29, 0.717) is 11.3 Å². The molecule has 0 radical (unpaired) electrons. The number of alkyl halides is 2. The van der Waals surface area contributed by atoms with Crippen LogP contribution in [0.2, 0.25) is 0 Å². The van der Waals surface area contributed by atoms with Gasteiger partial charge in [0, 0.05) is 11.3 Å². The number of aromatic nitrogens is 2. The molecule has 1 heterocycles. The van der Waals surface area contributed by atoms with Crippen LogP contribution in [-0.2, 0) is 19.4 Å². The van der Waals surface area contributed by atoms with E-state index in [4.69, 9.17) is 4.74 Å². The Balaban J connectivity index is 1.59. The van der Waals surface area contributed by atoms with Crippen LogP contribution in [0.4, 0.5) is 14.5 Å². The van der Waals surface area contributed by atoms with Gasteiger partial charge in [-0.2, -0.15) is 13.9 Å². The molecular weight excluding hydrogens is 420 g/mol. The van der Waals surface area contributed by atoms with Crippen LogP contribution in [0, 0.1) is 0 Å². The molecule has 0 saturated carbocycles. The maximum absolute atomic E-state index is 12.5. The van der Waals surface area contributed by atoms with Crippen molar-refractivity contribution in [2.24, 2.45) is 0 Å². The summed E-state index contributed by atoms with van der Waals surface area (Å²) in [6.07, 6.45) is 1.28. The van der Waals surface area contributed by atoms with Crippen LogP contribution >= 0.6 is 0 Å². The van der Waals surface area contributed by atoms with Crippen LogP contribution in [0.1, 0.15) is 10.4 Å². The highest BCUT2D eigenvalue weighted by Gasteiger charge is 2.26. The summed E-state index contributed by atoms with van der Waals surface area (Å²) in [5.74, 6) is -5.00. The topological polar surface area (TPSA) is 118 Å². The number of aromatic amines is 1. The highest BCUT2D eigenvalue weighted by atomic mass is 32.2. The lowest BCUT2D eigenvalue weighted by Crippen LogP contribution is -2.21. The first-order chi connectivity index (χ1) is 14.3. The Morgan fingerprint density at radius 1 is 1.07 bits per heavy atom. The van der Waals surface area contributed by atoms with Crippen LogP contribution < -0.4 is 5.32 Å². The predicted molar refractivity (Wildman–Crippen MR) is 103 cm³/mol. The third kappa shape index (κ3) is 4.69. The van der Waals surface area contributed by atoms with Crippen molar-refractivity contribution in [3.05, 3.63) is 66.4 Å². The molecular formula is C19H15F2N3O5S. The van der Waals surface area contributed by atoms with Crippen molar-refractivity contribution in [2.45, 2.75) is 10.7 Å². The zero-order chi connectivity index (χ0) is 21.7. The Morgan fingerprint density at radius 2 is 1.73 bits per heavy atom. The van der Waals surface area contributed by atoms with Crippen LogP contribution in [0.5, 0.6) is 0 Å². The first-order valence-electron chi connectivity index (χ1n) is 8.47. The number of hydrogen-bond donors (Lipinski definition) is 2. The Labute approximate surface area is 169 Å². The van der Waals surface area contributed by atoms with Gasteiger partial charge in [-0.3, -0.25) is 9.89 Å². The minimum absolute atomic E-state index is 0.149. The number of carbonyl (C=O) groups excluding carboxylic acids is 2. The number of H-pyrrole nitrogens is 1. The maximum Gasteiger partial charge on any atom is 0.342 e. The van der Waals surface area contributed by atoms with E-state index in [-0.39, 0.29) is 11.3 Å². The van der Waals surface area contributed by atoms with Gasteiger partial charge in [-0.15, -0.1) is 0 Å². The lowest BCUT2D eigenvalue weighted by Gasteiger charge is -2.08. The number of carbonyl (C=O) groups is 2. The highest BCUT2D eigenvalue weighted by molar-refractivity contribution is 7.91. The number of halogens is 2. The number of ether oxygens (including phenoxy) is 1. The van der Waals surface area contributed by atoms with Gasteiger partial charge in [0.1, 0.15) is 5.56 Å². The summed E-state index contributed by atoms with van der Waals surface area (Å²) in [4.78, 5) is 23.7. The van der Waals surface area contributed by atoms with E-state index < -0.39 is 39.0 Å². The summed E-state index contributed by atoms with van der Waals surface area (Å²) >= 11 is 0. The number of anilines is 1. The van der Waals surface area contributed by atoms with E-state index in [0.717, 1.165) is 24.3 Å². The largest absolute Gasteiger partial charge is 0.452 e. The molecule has 0 aliphatic carbocycles. The maximum atomic E-state index is 12.5. The lowest BCUT2D eigenvalue weighted by atomic mass is 10.1. The number of nitrogens with one attached hydrogen (secondary N) is 2. The van der Waals surface area contributed by atoms with E-state index in [1.807, 2.05) is 6.07 Å². The van der Waals surface area contributed by atoms with Crippen molar-refractivity contribution in [3.8, 4) is 11.3 Å². The van der Waals surface area contributed by atoms with Gasteiger partial charge in [-0.1, -0.05) is 30.3 Å². The van der Waals surface area contributed by atoms with Crippen LogP contribution in [-0.4, -0.2) is 42.9 Å². The predicted octanol–water partition coefficient (Wildman–Crippen LogP) is 2.87. The van der Waals surface area contributed by atoms with Gasteiger partial charge in [-0.25, -0.2) is 13.2 Å². The standard InChI is InChI=1S/C19H15F2N3O5S/c20-19(21)30(27,28)14-8-6-13(7-9-14)23-16(25)11-29-18(26)15-10-22-24-17(15)12-4-2-1-3-5-12/h1-10,19H,11H2,(H,22,24)(H,23,25). The second kappa shape index (κ2) is 8.82. The molecule has 30 heavy (non-hydrogen) atoms. The second-order valence-electron chi connectivity index (χ2n) is 5.98. The molecule has 0 unspecified atom stereocenters. The highest BCUT2D eigenvalue weighted by Crippen LogP contribution is 2.22. The number of esters is 1. The smallest absolute Gasteiger partial charge is 0.342 e. The van der Waals surface area contributed by atoms with E-state index in [1.54, 1.807) is 24.3 Å². The van der Waals surface area contributed by atoms with Crippen molar-refractivity contribution in [1.82, 2.24) is 10.2 Å². The Hall–Kier alpha value is -3.60. The van der Waals surface area contributed by atoms with Crippen LogP contribution in [0.3, 0.4) is 0 Å². The Bertz CT molecular complexity index is 1150. The van der Waals surface area contributed by atoms with Crippen LogP contribution in [0.15, 0.2) is 65.7 Å². The monoisotopic (exact) mass is 435 g/mol. The third-order valence-corrected chi connectivity index (χ3v) is 5.36. The van der Waals surface area contributed by atoms with Gasteiger partial charge in [0.25, 0.3) is 5.91 Å². The SMILES string of the molecule is O=C(COC(=O)c1cn[nH]c1-c1ccccc1)Nc1ccc(S(=O)(=O)C(F)F)cc1. The molecule has 0 spiro atoms. The molecule has 2 N–H and O–H groups in total. The van der Waals surface area contributed by atoms with Gasteiger partial charge in [0.2, 0.25) is 9.84 Å². The molecule has 1 amide bonds. The summed E-state index contributed by atoms with van der Waals surface area (Å²) in [5, 5.41) is 8.90. The van der Waals surface area contributed by atoms with Gasteiger partial charge in [0.15, 0.2) is 6.61 Å². The minimum Gasteiger partial charge on any atom is -0.452 e. The fourth-order valence-corrected chi connectivity index (χ4v) is 3.22. The van der Waals surface area contributed by atoms with E-state index in [9.17, 15) is 26.8 Å². The molecule has 0 aliphatic heterocycles. The first-order valence-corrected chi connectivity index (χ1v) is 10.0. The zero-order valence-corrected chi connectivity index (χ0v) is 16.0. The quantitative estimate of drug-likeness (QED) is 0.551. The number of amides is 1. The molecule has 3 rings (SSSR count). The molecule has 3 aromatic rings. The van der Waals surface area contributed by atoms with Crippen LogP contribution in [0.25, 0.3) is 11.3 Å². The fourth-order valence-electron chi connectivity index (χ4n) is 2.50. The van der Waals surface area contributed by atoms with E-state index in [2.05, 4.69) is 15.5 Å². The molecule has 11 heteroatoms. The molecule has 156 valence electrons. The molecule has 1 aromatic heterocycles. The average molecular weight is 435 g/mol. The third-order valence-electron chi connectivity index (χ3n) is 3.96. The van der Waals surface area contributed by atoms with Crippen molar-refractivity contribution in [1.29, 1.82) is 0 Å². The van der Waals surface area contributed by atoms with Crippen molar-refractivity contribution >= 4 is 27.4 Å². The number of nitrogens with zero attached hydrogens (tertiary/aromatic N) is 1. The average Bonchev–Trinajstić information content (AvgIpc) is 3.23. The second-order valence-corrected chi connectivity index (χ2v) is 7.90. The molecule has 0 aliphatic rings. The van der Waals surface area contributed by atoms with E-state index >= 15 is 0 Å². The molecule has 2 aromatic carbocycles. The molecule has 0 bridgehead atoms. The minimum atomic E-state index is -4.72. The number of rotatable bonds is 7. The summed E-state index contributed by atoms with van der Waals surface area (Å²) in [7, 11) is -4.72. The number of sulfone groups is 1. The van der Waals surface area contributed by atoms with Crippen molar-refractivity contribution in [2.75, 3.05) is 11.9 Å². The first kappa shape index (κ1) is 21.1. The van der Waals surface area contributed by atoms with Gasteiger partial charge >= 0.3 is 11.7 Å². The lowest BCUT2D eigenvalue weighted by molar-refractivity contribution is -0.119. The summed E-state index contributed by atoms with van der Waals surface area (Å²) in [5.41, 5.74) is 1.45. The van der Waals surface area contributed by atoms with Gasteiger partial charge in [-0.05, 0) is 24.3 Å². The molecule has 0 fully saturated rings. The van der Waals surface area contributed by atoms with Crippen molar-refractivity contribution < 1.29 is 31.5 Å². The van der Waals surface area contributed by atoms with Gasteiger partial charge in [0.05, 0.1) is 16.8 Å². The molecule has 0 saturated heterocycles. The Morgan fingerprint density at radius 3 is 2.37 bits per heavy atom. The van der Waals surface area contributed by atoms with E-state index in [1.165, 1.54) is 6.20 Å². The summed E-state index contributed by atoms with van der Waals surface area (Å²) in [6, 6.07) is 13.1. The number of benzene rings is 2. The molecule has 0 atom stereocenters. The fraction of sp³-hybridized carbons (Fsp3) is 0.105. The Kier molecular flexibility index (Phi) is 6.21. The van der Waals surface area contributed by atoms with Crippen molar-refractivity contribution in [3.63, 3.8) is 0 Å². The normalized spacial score (nSPS) is 11.3. The molecule has 8 nitrogen and oxygen atoms in total. The number of hydrogen-bond acceptors (Lipinski definition) is 6. The zero-order valence-electron chi connectivity index (χ0n) is 15.2. The van der Waals surface area contributed by atoms with Gasteiger partial charge < -0.3 is 10.1 Å². The summed E-state index contributed by atoms with van der Waals surface area (Å²) in [6.45, 7) is -0.616. The summed E-state index contributed by atoms with van der Waals surface area (Å²) < 4.78 is 52.8.